The molecule has 0 unspecified atom stereocenters. The van der Waals surface area contributed by atoms with Crippen LogP contribution in [0.15, 0.2) is 20.9 Å². The fourth-order valence-corrected chi connectivity index (χ4v) is 2.30. The van der Waals surface area contributed by atoms with Gasteiger partial charge in [0.25, 0.3) is 0 Å². The number of isocyanates is 1. The van der Waals surface area contributed by atoms with Crippen LogP contribution in [0.2, 0.25) is 0 Å². The van der Waals surface area contributed by atoms with E-state index >= 15 is 0 Å². The lowest BCUT2D eigenvalue weighted by Crippen LogP contribution is -2.10. The van der Waals surface area contributed by atoms with Crippen LogP contribution >= 0.6 is 27.3 Å². The molecule has 0 aliphatic rings. The van der Waals surface area contributed by atoms with Crippen LogP contribution in [0.5, 0.6) is 0 Å². The van der Waals surface area contributed by atoms with E-state index in [1.165, 1.54) is 0 Å². The average Bonchev–Trinajstić information content (AvgIpc) is 2.36. The standard InChI is InChI=1S/C8H8BrNOS/c1-8(2,10-5-11)7-3-6(9)4-12-7/h3-4H,1-2H3. The SMILES string of the molecule is CC(C)(N=C=O)c1cc(Br)cs1. The molecule has 0 saturated carbocycles. The molecule has 1 rings (SSSR count). The number of hydrogen-bond donors (Lipinski definition) is 0. The lowest BCUT2D eigenvalue weighted by Gasteiger charge is -2.13. The minimum absolute atomic E-state index is 0.446. The Hall–Kier alpha value is -0.440. The first kappa shape index (κ1) is 9.65. The number of halogens is 1. The molecule has 0 N–H and O–H groups in total. The summed E-state index contributed by atoms with van der Waals surface area (Å²) in [5.74, 6) is 0. The molecule has 12 heavy (non-hydrogen) atoms. The van der Waals surface area contributed by atoms with Gasteiger partial charge in [-0.2, -0.15) is 4.99 Å². The highest BCUT2D eigenvalue weighted by molar-refractivity contribution is 9.10. The zero-order chi connectivity index (χ0) is 9.19. The van der Waals surface area contributed by atoms with Gasteiger partial charge in [0.05, 0.1) is 0 Å². The van der Waals surface area contributed by atoms with Gasteiger partial charge in [-0.15, -0.1) is 11.3 Å². The Labute approximate surface area is 83.5 Å². The quantitative estimate of drug-likeness (QED) is 0.582. The van der Waals surface area contributed by atoms with Crippen molar-refractivity contribution in [2.24, 2.45) is 4.99 Å². The summed E-state index contributed by atoms with van der Waals surface area (Å²) < 4.78 is 1.02. The molecule has 0 fully saturated rings. The Morgan fingerprint density at radius 3 is 2.75 bits per heavy atom. The molecule has 1 heterocycles. The molecule has 1 aromatic heterocycles. The van der Waals surface area contributed by atoms with Crippen LogP contribution in [0.25, 0.3) is 0 Å². The summed E-state index contributed by atoms with van der Waals surface area (Å²) >= 11 is 4.92. The predicted molar refractivity (Wildman–Crippen MR) is 53.2 cm³/mol. The second-order valence-electron chi connectivity index (χ2n) is 2.89. The van der Waals surface area contributed by atoms with Crippen molar-refractivity contribution < 1.29 is 4.79 Å². The largest absolute Gasteiger partial charge is 0.235 e. The molecule has 0 amide bonds. The van der Waals surface area contributed by atoms with Crippen molar-refractivity contribution in [1.29, 1.82) is 0 Å². The van der Waals surface area contributed by atoms with E-state index in [-0.39, 0.29) is 0 Å². The molecule has 0 radical (unpaired) electrons. The van der Waals surface area contributed by atoms with E-state index in [2.05, 4.69) is 20.9 Å². The van der Waals surface area contributed by atoms with Crippen molar-refractivity contribution in [3.8, 4) is 0 Å². The third-order valence-electron chi connectivity index (χ3n) is 1.50. The van der Waals surface area contributed by atoms with E-state index in [0.717, 1.165) is 9.35 Å². The second kappa shape index (κ2) is 3.52. The second-order valence-corrected chi connectivity index (χ2v) is 4.72. The molecule has 1 aromatic rings. The topological polar surface area (TPSA) is 29.4 Å². The monoisotopic (exact) mass is 245 g/mol. The molecule has 0 aromatic carbocycles. The van der Waals surface area contributed by atoms with E-state index in [4.69, 9.17) is 0 Å². The molecule has 0 aliphatic carbocycles. The van der Waals surface area contributed by atoms with Crippen molar-refractivity contribution in [3.63, 3.8) is 0 Å². The highest BCUT2D eigenvalue weighted by Crippen LogP contribution is 2.31. The van der Waals surface area contributed by atoms with E-state index < -0.39 is 5.54 Å². The first-order valence-corrected chi connectivity index (χ1v) is 5.07. The fourth-order valence-electron chi connectivity index (χ4n) is 0.803. The third-order valence-corrected chi connectivity index (χ3v) is 3.50. The summed E-state index contributed by atoms with van der Waals surface area (Å²) in [5, 5.41) is 1.97. The molecular formula is C8H8BrNOS. The van der Waals surface area contributed by atoms with E-state index in [1.54, 1.807) is 17.4 Å². The van der Waals surface area contributed by atoms with E-state index in [9.17, 15) is 4.79 Å². The van der Waals surface area contributed by atoms with Crippen molar-refractivity contribution >= 4 is 33.3 Å². The minimum Gasteiger partial charge on any atom is -0.211 e. The van der Waals surface area contributed by atoms with Gasteiger partial charge in [-0.25, -0.2) is 4.79 Å². The Morgan fingerprint density at radius 2 is 2.33 bits per heavy atom. The maximum absolute atomic E-state index is 10.1. The summed E-state index contributed by atoms with van der Waals surface area (Å²) in [6.07, 6.45) is 1.58. The highest BCUT2D eigenvalue weighted by atomic mass is 79.9. The van der Waals surface area contributed by atoms with Crippen LogP contribution in [0.1, 0.15) is 18.7 Å². The van der Waals surface area contributed by atoms with Gasteiger partial charge in [0.2, 0.25) is 6.08 Å². The first-order chi connectivity index (χ1) is 5.56. The van der Waals surface area contributed by atoms with Crippen LogP contribution in [0, 0.1) is 0 Å². The number of rotatable bonds is 2. The van der Waals surface area contributed by atoms with Crippen molar-refractivity contribution in [1.82, 2.24) is 0 Å². The van der Waals surface area contributed by atoms with Crippen LogP contribution in [-0.4, -0.2) is 6.08 Å². The maximum atomic E-state index is 10.1. The predicted octanol–water partition coefficient (Wildman–Crippen LogP) is 3.08. The summed E-state index contributed by atoms with van der Waals surface area (Å²) in [6.45, 7) is 3.77. The number of hydrogen-bond acceptors (Lipinski definition) is 3. The van der Waals surface area contributed by atoms with Crippen molar-refractivity contribution in [2.45, 2.75) is 19.4 Å². The summed E-state index contributed by atoms with van der Waals surface area (Å²) in [5.41, 5.74) is -0.446. The Balaban J connectivity index is 3.04. The number of aliphatic imine (C=N–C) groups is 1. The summed E-state index contributed by atoms with van der Waals surface area (Å²) in [4.78, 5) is 14.9. The van der Waals surface area contributed by atoms with Crippen molar-refractivity contribution in [2.75, 3.05) is 0 Å². The smallest absolute Gasteiger partial charge is 0.211 e. The van der Waals surface area contributed by atoms with Crippen molar-refractivity contribution in [3.05, 3.63) is 20.8 Å². The Bertz CT molecular complexity index is 326. The van der Waals surface area contributed by atoms with Gasteiger partial charge >= 0.3 is 0 Å². The summed E-state index contributed by atoms with van der Waals surface area (Å²) in [7, 11) is 0. The molecule has 0 atom stereocenters. The van der Waals surface area contributed by atoms with Gasteiger partial charge in [-0.3, -0.25) is 0 Å². The molecule has 0 aliphatic heterocycles. The molecular weight excluding hydrogens is 238 g/mol. The van der Waals surface area contributed by atoms with Crippen LogP contribution < -0.4 is 0 Å². The van der Waals surface area contributed by atoms with Crippen LogP contribution in [-0.2, 0) is 10.3 Å². The molecule has 64 valence electrons. The third kappa shape index (κ3) is 2.03. The molecule has 4 heteroatoms. The highest BCUT2D eigenvalue weighted by Gasteiger charge is 2.20. The van der Waals surface area contributed by atoms with E-state index in [1.807, 2.05) is 25.3 Å². The lowest BCUT2D eigenvalue weighted by molar-refractivity contribution is 0.528. The molecule has 0 spiro atoms. The first-order valence-electron chi connectivity index (χ1n) is 3.40. The van der Waals surface area contributed by atoms with Crippen LogP contribution in [0.3, 0.4) is 0 Å². The van der Waals surface area contributed by atoms with Gasteiger partial charge in [0.1, 0.15) is 5.54 Å². The van der Waals surface area contributed by atoms with Gasteiger partial charge in [-0.05, 0) is 35.8 Å². The molecule has 2 nitrogen and oxygen atoms in total. The van der Waals surface area contributed by atoms with E-state index in [0.29, 0.717) is 0 Å². The lowest BCUT2D eigenvalue weighted by atomic mass is 10.1. The molecule has 0 bridgehead atoms. The maximum Gasteiger partial charge on any atom is 0.235 e. The Kier molecular flexibility index (Phi) is 2.83. The minimum atomic E-state index is -0.446. The number of thiophene rings is 1. The zero-order valence-corrected chi connectivity index (χ0v) is 9.20. The van der Waals surface area contributed by atoms with Gasteiger partial charge in [0.15, 0.2) is 0 Å². The Morgan fingerprint density at radius 1 is 1.67 bits per heavy atom. The fraction of sp³-hybridized carbons (Fsp3) is 0.375. The van der Waals surface area contributed by atoms with Gasteiger partial charge in [-0.1, -0.05) is 0 Å². The molecule has 0 saturated heterocycles. The average molecular weight is 246 g/mol. The van der Waals surface area contributed by atoms with Crippen LogP contribution in [0.4, 0.5) is 0 Å². The zero-order valence-electron chi connectivity index (χ0n) is 6.80. The number of carbonyl (C=O) groups excluding carboxylic acids is 1. The number of nitrogens with zero attached hydrogens (tertiary/aromatic N) is 1. The summed E-state index contributed by atoms with van der Waals surface area (Å²) in [6, 6.07) is 1.96. The van der Waals surface area contributed by atoms with Gasteiger partial charge < -0.3 is 0 Å². The van der Waals surface area contributed by atoms with Gasteiger partial charge in [0, 0.05) is 14.7 Å². The normalized spacial score (nSPS) is 10.9.